The summed E-state index contributed by atoms with van der Waals surface area (Å²) in [6.45, 7) is 2.63. The van der Waals surface area contributed by atoms with Crippen LogP contribution in [-0.4, -0.2) is 26.7 Å². The summed E-state index contributed by atoms with van der Waals surface area (Å²) >= 11 is 0. The van der Waals surface area contributed by atoms with Crippen LogP contribution in [0.15, 0.2) is 66.7 Å². The van der Waals surface area contributed by atoms with Crippen molar-refractivity contribution in [3.05, 3.63) is 95.0 Å². The molecule has 0 bridgehead atoms. The summed E-state index contributed by atoms with van der Waals surface area (Å²) in [6.07, 6.45) is 5.89. The van der Waals surface area contributed by atoms with Crippen molar-refractivity contribution < 1.29 is 14.3 Å². The summed E-state index contributed by atoms with van der Waals surface area (Å²) in [5.41, 5.74) is 3.33. The first-order chi connectivity index (χ1) is 14.0. The van der Waals surface area contributed by atoms with E-state index in [9.17, 15) is 14.3 Å². The zero-order valence-electron chi connectivity index (χ0n) is 16.0. The zero-order chi connectivity index (χ0) is 20.8. The van der Waals surface area contributed by atoms with E-state index in [4.69, 9.17) is 5.41 Å². The number of halogens is 1. The molecular weight excluding hydrogens is 369 g/mol. The third-order valence-corrected chi connectivity index (χ3v) is 4.89. The summed E-state index contributed by atoms with van der Waals surface area (Å²) in [4.78, 5) is 15.6. The second-order valence-corrected chi connectivity index (χ2v) is 6.77. The van der Waals surface area contributed by atoms with E-state index < -0.39 is 11.5 Å². The fourth-order valence-electron chi connectivity index (χ4n) is 3.36. The number of allylic oxidation sites excluding steroid dienone is 1. The molecule has 0 saturated heterocycles. The number of nitrogens with one attached hydrogen (secondary N) is 1. The Morgan fingerprint density at radius 1 is 1.24 bits per heavy atom. The molecule has 0 unspecified atom stereocenters. The molecule has 3 aromatic rings. The number of ketones is 1. The molecule has 0 aliphatic heterocycles. The number of benzene rings is 2. The van der Waals surface area contributed by atoms with Gasteiger partial charge < -0.3 is 15.1 Å². The lowest BCUT2D eigenvalue weighted by Crippen LogP contribution is -2.10. The quantitative estimate of drug-likeness (QED) is 0.333. The van der Waals surface area contributed by atoms with Gasteiger partial charge in [0.25, 0.3) is 0 Å². The minimum Gasteiger partial charge on any atom is -0.504 e. The number of aliphatic hydroxyl groups is 1. The molecule has 1 heterocycles. The molecule has 0 spiro atoms. The van der Waals surface area contributed by atoms with Crippen molar-refractivity contribution >= 4 is 18.1 Å². The summed E-state index contributed by atoms with van der Waals surface area (Å²) in [6, 6.07) is 14.6. The van der Waals surface area contributed by atoms with E-state index in [0.717, 1.165) is 16.7 Å². The fraction of sp³-hybridized carbons (Fsp3) is 0.174. The Balaban J connectivity index is 1.88. The Kier molecular flexibility index (Phi) is 6.34. The van der Waals surface area contributed by atoms with Crippen molar-refractivity contribution in [1.82, 2.24) is 9.55 Å². The molecule has 5 nitrogen and oxygen atoms in total. The number of aryl methyl sites for hydroxylation is 2. The Morgan fingerprint density at radius 3 is 2.66 bits per heavy atom. The Hall–Kier alpha value is -3.54. The zero-order valence-corrected chi connectivity index (χ0v) is 16.0. The Morgan fingerprint density at radius 2 is 1.97 bits per heavy atom. The van der Waals surface area contributed by atoms with Gasteiger partial charge in [-0.2, -0.15) is 0 Å². The maximum absolute atomic E-state index is 13.4. The largest absolute Gasteiger partial charge is 0.504 e. The molecule has 29 heavy (non-hydrogen) atoms. The van der Waals surface area contributed by atoms with Gasteiger partial charge in [-0.1, -0.05) is 36.4 Å². The molecule has 0 aliphatic rings. The maximum Gasteiger partial charge on any atom is 0.237 e. The highest BCUT2D eigenvalue weighted by molar-refractivity contribution is 6.34. The molecule has 0 amide bonds. The van der Waals surface area contributed by atoms with Crippen LogP contribution in [0.4, 0.5) is 4.39 Å². The molecule has 0 fully saturated rings. The van der Waals surface area contributed by atoms with Gasteiger partial charge in [-0.25, -0.2) is 9.37 Å². The van der Waals surface area contributed by atoms with Gasteiger partial charge >= 0.3 is 0 Å². The van der Waals surface area contributed by atoms with Crippen LogP contribution in [0.2, 0.25) is 0 Å². The number of carbonyl (C=O) groups excluding carboxylic acids is 1. The first-order valence-electron chi connectivity index (χ1n) is 9.27. The van der Waals surface area contributed by atoms with Crippen LogP contribution in [0.5, 0.6) is 0 Å². The van der Waals surface area contributed by atoms with Gasteiger partial charge in [0, 0.05) is 30.9 Å². The molecule has 2 N–H and O–H groups in total. The van der Waals surface area contributed by atoms with Gasteiger partial charge in [0.1, 0.15) is 11.6 Å². The molecule has 6 heteroatoms. The Labute approximate surface area is 168 Å². The molecule has 0 aliphatic carbocycles. The topological polar surface area (TPSA) is 79.0 Å². The van der Waals surface area contributed by atoms with Crippen LogP contribution in [0.25, 0.3) is 6.08 Å². The molecular formula is C23H22FN3O2. The lowest BCUT2D eigenvalue weighted by molar-refractivity contribution is -0.111. The van der Waals surface area contributed by atoms with Crippen LogP contribution in [0.1, 0.15) is 34.9 Å². The molecule has 1 atom stereocenters. The van der Waals surface area contributed by atoms with Gasteiger partial charge in [0.2, 0.25) is 5.78 Å². The van der Waals surface area contributed by atoms with Crippen LogP contribution in [0.3, 0.4) is 0 Å². The van der Waals surface area contributed by atoms with Gasteiger partial charge in [-0.3, -0.25) is 4.79 Å². The second-order valence-electron chi connectivity index (χ2n) is 6.77. The van der Waals surface area contributed by atoms with Gasteiger partial charge in [0.15, 0.2) is 5.76 Å². The van der Waals surface area contributed by atoms with Crippen molar-refractivity contribution in [2.45, 2.75) is 25.8 Å². The monoisotopic (exact) mass is 391 g/mol. The van der Waals surface area contributed by atoms with E-state index >= 15 is 0 Å². The predicted molar refractivity (Wildman–Crippen MR) is 111 cm³/mol. The lowest BCUT2D eigenvalue weighted by Gasteiger charge is -2.21. The van der Waals surface area contributed by atoms with Crippen molar-refractivity contribution in [3.63, 3.8) is 0 Å². The first-order valence-corrected chi connectivity index (χ1v) is 9.27. The standard InChI is InChI=1S/C23H22FN3O2/c1-16-4-2-3-5-19(16)20(17-6-8-18(24)9-7-17)10-12-27-13-11-26-23(27)14-21(28)22(29)15-25/h2-9,11,13-15,20,25,28H,10,12H2,1H3/b21-14-,25-15?/t20-/m0/s1. The normalized spacial score (nSPS) is 12.6. The smallest absolute Gasteiger partial charge is 0.237 e. The minimum atomic E-state index is -0.774. The summed E-state index contributed by atoms with van der Waals surface area (Å²) in [5.74, 6) is -1.09. The number of carbonyl (C=O) groups is 1. The lowest BCUT2D eigenvalue weighted by atomic mass is 9.86. The molecule has 0 saturated carbocycles. The van der Waals surface area contributed by atoms with Crippen LogP contribution in [0, 0.1) is 18.2 Å². The molecule has 1 aromatic heterocycles. The second kappa shape index (κ2) is 9.10. The number of hydrogen-bond donors (Lipinski definition) is 2. The first kappa shape index (κ1) is 20.2. The molecule has 3 rings (SSSR count). The molecule has 148 valence electrons. The van der Waals surface area contributed by atoms with Crippen LogP contribution < -0.4 is 0 Å². The van der Waals surface area contributed by atoms with Crippen molar-refractivity contribution in [3.8, 4) is 0 Å². The van der Waals surface area contributed by atoms with Crippen LogP contribution >= 0.6 is 0 Å². The third-order valence-electron chi connectivity index (χ3n) is 4.89. The van der Waals surface area contributed by atoms with Crippen molar-refractivity contribution in [1.29, 1.82) is 5.41 Å². The highest BCUT2D eigenvalue weighted by Gasteiger charge is 2.17. The average Bonchev–Trinajstić information content (AvgIpc) is 3.16. The summed E-state index contributed by atoms with van der Waals surface area (Å²) < 4.78 is 15.3. The third kappa shape index (κ3) is 4.85. The van der Waals surface area contributed by atoms with E-state index in [-0.39, 0.29) is 11.7 Å². The van der Waals surface area contributed by atoms with Crippen LogP contribution in [-0.2, 0) is 11.3 Å². The van der Waals surface area contributed by atoms with E-state index in [1.54, 1.807) is 24.5 Å². The van der Waals surface area contributed by atoms with E-state index in [2.05, 4.69) is 24.0 Å². The van der Waals surface area contributed by atoms with Crippen molar-refractivity contribution in [2.75, 3.05) is 0 Å². The van der Waals surface area contributed by atoms with E-state index in [0.29, 0.717) is 25.0 Å². The number of nitrogens with zero attached hydrogens (tertiary/aromatic N) is 2. The summed E-state index contributed by atoms with van der Waals surface area (Å²) in [5, 5.41) is 16.7. The summed E-state index contributed by atoms with van der Waals surface area (Å²) in [7, 11) is 0. The number of rotatable bonds is 8. The number of hydrogen-bond acceptors (Lipinski definition) is 4. The van der Waals surface area contributed by atoms with Crippen molar-refractivity contribution in [2.24, 2.45) is 0 Å². The SMILES string of the molecule is Cc1ccccc1[C@@H](CCn1ccnc1/C=C(\O)C(=O)C=N)c1ccc(F)cc1. The number of imidazole rings is 1. The minimum absolute atomic E-state index is 0.0489. The fourth-order valence-corrected chi connectivity index (χ4v) is 3.36. The predicted octanol–water partition coefficient (Wildman–Crippen LogP) is 4.67. The molecule has 0 radical (unpaired) electrons. The highest BCUT2D eigenvalue weighted by atomic mass is 19.1. The number of aromatic nitrogens is 2. The van der Waals surface area contributed by atoms with E-state index in [1.807, 2.05) is 16.7 Å². The maximum atomic E-state index is 13.4. The average molecular weight is 391 g/mol. The van der Waals surface area contributed by atoms with Gasteiger partial charge in [-0.15, -0.1) is 0 Å². The Bertz CT molecular complexity index is 1040. The number of Topliss-reactive ketones (excluding diaryl/α,β-unsaturated/α-hetero) is 1. The van der Waals surface area contributed by atoms with Gasteiger partial charge in [0.05, 0.1) is 6.21 Å². The number of aliphatic hydroxyl groups excluding tert-OH is 1. The highest BCUT2D eigenvalue weighted by Crippen LogP contribution is 2.31. The van der Waals surface area contributed by atoms with Gasteiger partial charge in [-0.05, 0) is 42.2 Å². The molecule has 2 aromatic carbocycles. The van der Waals surface area contributed by atoms with E-state index in [1.165, 1.54) is 18.2 Å².